The van der Waals surface area contributed by atoms with Crippen molar-refractivity contribution in [2.24, 2.45) is 0 Å². The van der Waals surface area contributed by atoms with Gasteiger partial charge in [0.25, 0.3) is 5.91 Å². The van der Waals surface area contributed by atoms with Crippen LogP contribution in [0.25, 0.3) is 0 Å². The fourth-order valence-corrected chi connectivity index (χ4v) is 4.77. The molecule has 5 nitrogen and oxygen atoms in total. The number of hydrogen-bond donors (Lipinski definition) is 0. The average Bonchev–Trinajstić information content (AvgIpc) is 2.79. The Bertz CT molecular complexity index is 1200. The summed E-state index contributed by atoms with van der Waals surface area (Å²) in [6.07, 6.45) is 1.34. The third-order valence-electron chi connectivity index (χ3n) is 6.46. The van der Waals surface area contributed by atoms with Crippen LogP contribution in [-0.2, 0) is 6.42 Å². The number of rotatable bonds is 3. The summed E-state index contributed by atoms with van der Waals surface area (Å²) in [5, 5.41) is 0. The van der Waals surface area contributed by atoms with Crippen LogP contribution < -0.4 is 9.64 Å². The minimum absolute atomic E-state index is 0.296. The number of hydrogen-bond acceptors (Lipinski definition) is 3. The Labute approximate surface area is 188 Å². The Kier molecular flexibility index (Phi) is 4.77. The smallest absolute Gasteiger partial charge is 0.335 e. The Morgan fingerprint density at radius 3 is 2.56 bits per heavy atom. The lowest BCUT2D eigenvalue weighted by Crippen LogP contribution is -2.67. The average molecular weight is 427 g/mol. The molecule has 3 aromatic rings. The van der Waals surface area contributed by atoms with Gasteiger partial charge in [0.05, 0.1) is 6.04 Å². The predicted octanol–water partition coefficient (Wildman–Crippen LogP) is 5.88. The molecular formula is C27H26N2O3. The fourth-order valence-electron chi connectivity index (χ4n) is 4.77. The minimum Gasteiger partial charge on any atom is -0.467 e. The van der Waals surface area contributed by atoms with Gasteiger partial charge in [-0.15, -0.1) is 0 Å². The Hall–Kier alpha value is -3.60. The second-order valence-corrected chi connectivity index (χ2v) is 8.72. The van der Waals surface area contributed by atoms with Crippen molar-refractivity contribution in [3.63, 3.8) is 0 Å². The van der Waals surface area contributed by atoms with Gasteiger partial charge in [0.2, 0.25) is 0 Å². The Morgan fingerprint density at radius 2 is 1.81 bits per heavy atom. The SMILES string of the molecule is CCc1cccc(N2C(=O)N(C(=O)c3ccc(C)cc3)[C@@H]3C[C@]2(C)Oc2ccccc23)c1. The molecule has 2 atom stereocenters. The molecule has 3 aromatic carbocycles. The first kappa shape index (κ1) is 20.3. The van der Waals surface area contributed by atoms with Crippen LogP contribution >= 0.6 is 0 Å². The Morgan fingerprint density at radius 1 is 1.06 bits per heavy atom. The van der Waals surface area contributed by atoms with E-state index in [-0.39, 0.29) is 11.9 Å². The molecule has 0 aliphatic carbocycles. The van der Waals surface area contributed by atoms with Crippen molar-refractivity contribution in [2.45, 2.75) is 45.4 Å². The van der Waals surface area contributed by atoms with Crippen molar-refractivity contribution in [1.82, 2.24) is 4.90 Å². The molecule has 3 amide bonds. The van der Waals surface area contributed by atoms with E-state index >= 15 is 0 Å². The lowest BCUT2D eigenvalue weighted by Gasteiger charge is -2.53. The molecule has 32 heavy (non-hydrogen) atoms. The third kappa shape index (κ3) is 3.16. The predicted molar refractivity (Wildman–Crippen MR) is 124 cm³/mol. The van der Waals surface area contributed by atoms with Crippen LogP contribution in [0.3, 0.4) is 0 Å². The number of benzene rings is 3. The summed E-state index contributed by atoms with van der Waals surface area (Å²) in [6.45, 7) is 5.98. The van der Waals surface area contributed by atoms with Gasteiger partial charge < -0.3 is 4.74 Å². The molecule has 5 rings (SSSR count). The standard InChI is InChI=1S/C27H26N2O3/c1-4-19-8-7-9-21(16-19)29-26(31)28(25(30)20-14-12-18(2)13-15-20)23-17-27(29,3)32-24-11-6-5-10-22(23)24/h5-16,23H,4,17H2,1-3H3/t23-,27+/m1/s1. The van der Waals surface area contributed by atoms with E-state index in [1.54, 1.807) is 17.0 Å². The number of para-hydroxylation sites is 1. The van der Waals surface area contributed by atoms with E-state index in [0.29, 0.717) is 17.7 Å². The number of nitrogens with zero attached hydrogens (tertiary/aromatic N) is 2. The molecule has 0 aromatic heterocycles. The normalized spacial score (nSPS) is 21.7. The van der Waals surface area contributed by atoms with E-state index in [0.717, 1.165) is 28.8 Å². The lowest BCUT2D eigenvalue weighted by molar-refractivity contribution is 0.00268. The summed E-state index contributed by atoms with van der Waals surface area (Å²) >= 11 is 0. The van der Waals surface area contributed by atoms with Crippen LogP contribution in [0.5, 0.6) is 5.75 Å². The molecule has 162 valence electrons. The monoisotopic (exact) mass is 426 g/mol. The molecule has 5 heteroatoms. The highest BCUT2D eigenvalue weighted by atomic mass is 16.5. The maximum absolute atomic E-state index is 14.0. The molecule has 1 fully saturated rings. The van der Waals surface area contributed by atoms with E-state index in [1.165, 1.54) is 4.90 Å². The van der Waals surface area contributed by atoms with Gasteiger partial charge in [0.1, 0.15) is 5.75 Å². The van der Waals surface area contributed by atoms with Crippen LogP contribution in [0.4, 0.5) is 10.5 Å². The summed E-state index contributed by atoms with van der Waals surface area (Å²) in [5.74, 6) is 0.410. The summed E-state index contributed by atoms with van der Waals surface area (Å²) in [5.41, 5.74) is 3.38. The van der Waals surface area contributed by atoms with E-state index in [1.807, 2.05) is 74.5 Å². The first-order chi connectivity index (χ1) is 15.4. The van der Waals surface area contributed by atoms with Crippen LogP contribution in [0.2, 0.25) is 0 Å². The number of urea groups is 1. The lowest BCUT2D eigenvalue weighted by atomic mass is 9.88. The van der Waals surface area contributed by atoms with Crippen LogP contribution in [-0.4, -0.2) is 22.6 Å². The topological polar surface area (TPSA) is 49.9 Å². The number of amides is 3. The minimum atomic E-state index is -0.896. The van der Waals surface area contributed by atoms with Crippen molar-refractivity contribution in [3.05, 3.63) is 95.1 Å². The van der Waals surface area contributed by atoms with Gasteiger partial charge in [-0.3, -0.25) is 14.6 Å². The second kappa shape index (κ2) is 7.52. The summed E-state index contributed by atoms with van der Waals surface area (Å²) in [6, 6.07) is 22.2. The van der Waals surface area contributed by atoms with E-state index in [9.17, 15) is 9.59 Å². The molecule has 1 saturated heterocycles. The first-order valence-electron chi connectivity index (χ1n) is 11.0. The molecule has 0 unspecified atom stereocenters. The van der Waals surface area contributed by atoms with E-state index < -0.39 is 11.8 Å². The number of anilines is 1. The first-order valence-corrected chi connectivity index (χ1v) is 11.0. The highest BCUT2D eigenvalue weighted by Gasteiger charge is 2.55. The van der Waals surface area contributed by atoms with Gasteiger partial charge in [-0.05, 0) is 56.2 Å². The maximum Gasteiger partial charge on any atom is 0.335 e. The van der Waals surface area contributed by atoms with Gasteiger partial charge in [0.15, 0.2) is 5.72 Å². The number of fused-ring (bicyclic) bond motifs is 4. The maximum atomic E-state index is 14.0. The van der Waals surface area contributed by atoms with Crippen LogP contribution in [0, 0.1) is 6.92 Å². The van der Waals surface area contributed by atoms with Crippen molar-refractivity contribution >= 4 is 17.6 Å². The number of carbonyl (C=O) groups is 2. The zero-order chi connectivity index (χ0) is 22.5. The zero-order valence-corrected chi connectivity index (χ0v) is 18.5. The van der Waals surface area contributed by atoms with Crippen LogP contribution in [0.15, 0.2) is 72.8 Å². The largest absolute Gasteiger partial charge is 0.467 e. The van der Waals surface area contributed by atoms with Gasteiger partial charge >= 0.3 is 6.03 Å². The van der Waals surface area contributed by atoms with Gasteiger partial charge in [-0.1, -0.05) is 55.0 Å². The van der Waals surface area contributed by atoms with Crippen molar-refractivity contribution in [3.8, 4) is 5.75 Å². The summed E-state index contributed by atoms with van der Waals surface area (Å²) in [7, 11) is 0. The van der Waals surface area contributed by atoms with E-state index in [2.05, 4.69) is 6.92 Å². The molecule has 2 bridgehead atoms. The second-order valence-electron chi connectivity index (χ2n) is 8.72. The quantitative estimate of drug-likeness (QED) is 0.525. The third-order valence-corrected chi connectivity index (χ3v) is 6.46. The molecule has 0 spiro atoms. The highest BCUT2D eigenvalue weighted by Crippen LogP contribution is 2.49. The molecule has 0 saturated carbocycles. The highest BCUT2D eigenvalue weighted by molar-refractivity contribution is 6.10. The van der Waals surface area contributed by atoms with Gasteiger partial charge in [0, 0.05) is 23.2 Å². The van der Waals surface area contributed by atoms with Crippen molar-refractivity contribution < 1.29 is 14.3 Å². The van der Waals surface area contributed by atoms with Crippen LogP contribution in [0.1, 0.15) is 53.4 Å². The molecule has 0 radical (unpaired) electrons. The fraction of sp³-hybridized carbons (Fsp3) is 0.259. The number of aryl methyl sites for hydroxylation is 2. The van der Waals surface area contributed by atoms with E-state index in [4.69, 9.17) is 4.74 Å². The number of ether oxygens (including phenoxy) is 1. The van der Waals surface area contributed by atoms with Gasteiger partial charge in [-0.2, -0.15) is 0 Å². The van der Waals surface area contributed by atoms with Crippen molar-refractivity contribution in [2.75, 3.05) is 4.90 Å². The number of carbonyl (C=O) groups excluding carboxylic acids is 2. The van der Waals surface area contributed by atoms with Gasteiger partial charge in [-0.25, -0.2) is 4.79 Å². The number of imide groups is 1. The summed E-state index contributed by atoms with van der Waals surface area (Å²) < 4.78 is 6.42. The molecular weight excluding hydrogens is 400 g/mol. The van der Waals surface area contributed by atoms with Crippen molar-refractivity contribution in [1.29, 1.82) is 0 Å². The molecule has 2 heterocycles. The molecule has 2 aliphatic heterocycles. The summed E-state index contributed by atoms with van der Waals surface area (Å²) in [4.78, 5) is 30.7. The Balaban J connectivity index is 1.66. The molecule has 2 aliphatic rings. The molecule has 0 N–H and O–H groups in total. The zero-order valence-electron chi connectivity index (χ0n) is 18.5.